The van der Waals surface area contributed by atoms with Crippen LogP contribution in [0.4, 0.5) is 20.2 Å². The normalized spacial score (nSPS) is 10.1. The highest BCUT2D eigenvalue weighted by Gasteiger charge is 2.10. The van der Waals surface area contributed by atoms with Gasteiger partial charge in [-0.05, 0) is 46.6 Å². The van der Waals surface area contributed by atoms with E-state index in [9.17, 15) is 8.78 Å². The third-order valence-electron chi connectivity index (χ3n) is 2.57. The van der Waals surface area contributed by atoms with E-state index < -0.39 is 11.6 Å². The lowest BCUT2D eigenvalue weighted by Gasteiger charge is -2.10. The first-order valence-corrected chi connectivity index (χ1v) is 6.23. The first kappa shape index (κ1) is 13.5. The van der Waals surface area contributed by atoms with Crippen molar-refractivity contribution >= 4 is 27.3 Å². The van der Waals surface area contributed by atoms with Crippen LogP contribution in [0.2, 0.25) is 0 Å². The van der Waals surface area contributed by atoms with Crippen molar-refractivity contribution < 1.29 is 8.78 Å². The summed E-state index contributed by atoms with van der Waals surface area (Å²) in [5.74, 6) is -1.17. The molecule has 0 radical (unpaired) electrons. The molecule has 0 saturated heterocycles. The van der Waals surface area contributed by atoms with Crippen molar-refractivity contribution in [2.24, 2.45) is 0 Å². The Bertz CT molecular complexity index is 678. The van der Waals surface area contributed by atoms with E-state index in [2.05, 4.69) is 21.2 Å². The number of benzene rings is 2. The number of aryl methyl sites for hydroxylation is 1. The Morgan fingerprint density at radius 3 is 2.53 bits per heavy atom. The largest absolute Gasteiger partial charge is 0.352 e. The van der Waals surface area contributed by atoms with Gasteiger partial charge >= 0.3 is 0 Å². The van der Waals surface area contributed by atoms with Crippen molar-refractivity contribution in [2.75, 3.05) is 5.32 Å². The van der Waals surface area contributed by atoms with Gasteiger partial charge in [0.25, 0.3) is 0 Å². The summed E-state index contributed by atoms with van der Waals surface area (Å²) in [6, 6.07) is 9.22. The molecule has 5 heteroatoms. The zero-order valence-electron chi connectivity index (χ0n) is 9.97. The first-order valence-electron chi connectivity index (χ1n) is 5.43. The van der Waals surface area contributed by atoms with E-state index in [-0.39, 0.29) is 10.2 Å². The monoisotopic (exact) mass is 322 g/mol. The Balaban J connectivity index is 2.42. The molecule has 0 aromatic heterocycles. The molecule has 2 nitrogen and oxygen atoms in total. The minimum absolute atomic E-state index is 0.0129. The summed E-state index contributed by atoms with van der Waals surface area (Å²) in [7, 11) is 0. The second-order valence-electron chi connectivity index (χ2n) is 4.03. The number of rotatable bonds is 2. The highest BCUT2D eigenvalue weighted by molar-refractivity contribution is 9.10. The van der Waals surface area contributed by atoms with Crippen molar-refractivity contribution in [1.82, 2.24) is 0 Å². The fourth-order valence-electron chi connectivity index (χ4n) is 1.62. The Morgan fingerprint density at radius 1 is 1.11 bits per heavy atom. The van der Waals surface area contributed by atoms with E-state index >= 15 is 0 Å². The van der Waals surface area contributed by atoms with Crippen LogP contribution >= 0.6 is 15.9 Å². The second-order valence-corrected chi connectivity index (χ2v) is 4.89. The molecule has 0 amide bonds. The molecule has 1 N–H and O–H groups in total. The van der Waals surface area contributed by atoms with Gasteiger partial charge in [-0.1, -0.05) is 6.07 Å². The lowest BCUT2D eigenvalue weighted by Crippen LogP contribution is -1.98. The van der Waals surface area contributed by atoms with E-state index in [0.717, 1.165) is 17.7 Å². The highest BCUT2D eigenvalue weighted by Crippen LogP contribution is 2.27. The van der Waals surface area contributed by atoms with Gasteiger partial charge in [0, 0.05) is 6.07 Å². The smallest absolute Gasteiger partial charge is 0.147 e. The number of halogens is 3. The van der Waals surface area contributed by atoms with Crippen molar-refractivity contribution in [1.29, 1.82) is 5.26 Å². The molecule has 0 saturated carbocycles. The van der Waals surface area contributed by atoms with Crippen LogP contribution < -0.4 is 5.32 Å². The van der Waals surface area contributed by atoms with Gasteiger partial charge in [0.2, 0.25) is 0 Å². The van der Waals surface area contributed by atoms with Crippen LogP contribution in [0.5, 0.6) is 0 Å². The zero-order chi connectivity index (χ0) is 14.0. The van der Waals surface area contributed by atoms with Gasteiger partial charge in [0.1, 0.15) is 17.7 Å². The van der Waals surface area contributed by atoms with Gasteiger partial charge in [-0.15, -0.1) is 0 Å². The molecule has 0 atom stereocenters. The molecule has 2 aromatic rings. The van der Waals surface area contributed by atoms with Gasteiger partial charge in [0.05, 0.1) is 21.4 Å². The number of nitrogens with one attached hydrogen (secondary N) is 1. The molecular formula is C14H9BrF2N2. The average Bonchev–Trinajstić information content (AvgIpc) is 2.37. The van der Waals surface area contributed by atoms with Crippen LogP contribution in [0.25, 0.3) is 0 Å². The van der Waals surface area contributed by atoms with Gasteiger partial charge in [-0.25, -0.2) is 8.78 Å². The number of nitriles is 1. The summed E-state index contributed by atoms with van der Waals surface area (Å²) in [5, 5.41) is 11.8. The summed E-state index contributed by atoms with van der Waals surface area (Å²) in [6.45, 7) is 1.85. The number of anilines is 2. The summed E-state index contributed by atoms with van der Waals surface area (Å²) in [4.78, 5) is 0. The summed E-state index contributed by atoms with van der Waals surface area (Å²) < 4.78 is 27.1. The molecule has 0 aliphatic rings. The molecule has 0 aliphatic heterocycles. The Morgan fingerprint density at radius 2 is 1.84 bits per heavy atom. The SMILES string of the molecule is Cc1ccc(Nc2cc(F)c(Br)cc2F)c(C#N)c1. The maximum absolute atomic E-state index is 13.7. The van der Waals surface area contributed by atoms with E-state index in [1.807, 2.05) is 13.0 Å². The highest BCUT2D eigenvalue weighted by atomic mass is 79.9. The van der Waals surface area contributed by atoms with Gasteiger partial charge in [-0.3, -0.25) is 0 Å². The maximum atomic E-state index is 13.7. The quantitative estimate of drug-likeness (QED) is 0.817. The summed E-state index contributed by atoms with van der Waals surface area (Å²) in [5.41, 5.74) is 1.72. The lowest BCUT2D eigenvalue weighted by atomic mass is 10.1. The molecule has 0 bridgehead atoms. The maximum Gasteiger partial charge on any atom is 0.147 e. The zero-order valence-corrected chi connectivity index (χ0v) is 11.6. The van der Waals surface area contributed by atoms with Crippen molar-refractivity contribution in [2.45, 2.75) is 6.92 Å². The van der Waals surface area contributed by atoms with E-state index in [0.29, 0.717) is 11.3 Å². The molecule has 19 heavy (non-hydrogen) atoms. The molecule has 0 spiro atoms. The molecule has 0 heterocycles. The summed E-state index contributed by atoms with van der Waals surface area (Å²) >= 11 is 2.91. The molecule has 0 unspecified atom stereocenters. The van der Waals surface area contributed by atoms with Crippen molar-refractivity contribution in [3.05, 3.63) is 57.6 Å². The fraction of sp³-hybridized carbons (Fsp3) is 0.0714. The topological polar surface area (TPSA) is 35.8 Å². The summed E-state index contributed by atoms with van der Waals surface area (Å²) in [6.07, 6.45) is 0. The molecule has 2 rings (SSSR count). The standard InChI is InChI=1S/C14H9BrF2N2/c1-8-2-3-13(9(4-8)7-18)19-14-6-11(16)10(15)5-12(14)17/h2-6,19H,1H3. The van der Waals surface area contributed by atoms with Crippen LogP contribution in [0, 0.1) is 29.9 Å². The fourth-order valence-corrected chi connectivity index (χ4v) is 1.94. The van der Waals surface area contributed by atoms with Gasteiger partial charge in [0.15, 0.2) is 0 Å². The number of hydrogen-bond acceptors (Lipinski definition) is 2. The van der Waals surface area contributed by atoms with E-state index in [4.69, 9.17) is 5.26 Å². The van der Waals surface area contributed by atoms with E-state index in [1.165, 1.54) is 0 Å². The lowest BCUT2D eigenvalue weighted by molar-refractivity contribution is 0.598. The van der Waals surface area contributed by atoms with Crippen molar-refractivity contribution in [3.8, 4) is 6.07 Å². The predicted molar refractivity (Wildman–Crippen MR) is 73.2 cm³/mol. The van der Waals surface area contributed by atoms with Crippen LogP contribution in [0.1, 0.15) is 11.1 Å². The number of hydrogen-bond donors (Lipinski definition) is 1. The average molecular weight is 323 g/mol. The van der Waals surface area contributed by atoms with Gasteiger partial charge < -0.3 is 5.32 Å². The van der Waals surface area contributed by atoms with Crippen LogP contribution in [0.3, 0.4) is 0 Å². The van der Waals surface area contributed by atoms with Crippen molar-refractivity contribution in [3.63, 3.8) is 0 Å². The molecule has 96 valence electrons. The van der Waals surface area contributed by atoms with Gasteiger partial charge in [-0.2, -0.15) is 5.26 Å². The molecule has 2 aromatic carbocycles. The Hall–Kier alpha value is -1.93. The third kappa shape index (κ3) is 2.91. The molecule has 0 fully saturated rings. The molecule has 0 aliphatic carbocycles. The molecular weight excluding hydrogens is 314 g/mol. The minimum Gasteiger partial charge on any atom is -0.352 e. The third-order valence-corrected chi connectivity index (χ3v) is 3.18. The van der Waals surface area contributed by atoms with E-state index in [1.54, 1.807) is 18.2 Å². The first-order chi connectivity index (χ1) is 9.01. The predicted octanol–water partition coefficient (Wildman–Crippen LogP) is 4.65. The Kier molecular flexibility index (Phi) is 3.82. The van der Waals surface area contributed by atoms with Crippen LogP contribution in [-0.2, 0) is 0 Å². The number of nitrogens with zero attached hydrogens (tertiary/aromatic N) is 1. The minimum atomic E-state index is -0.599. The van der Waals surface area contributed by atoms with Crippen LogP contribution in [0.15, 0.2) is 34.8 Å². The second kappa shape index (κ2) is 5.37. The van der Waals surface area contributed by atoms with Crippen LogP contribution in [-0.4, -0.2) is 0 Å². The Labute approximate surface area is 117 Å².